The van der Waals surface area contributed by atoms with Gasteiger partial charge in [0.15, 0.2) is 0 Å². The van der Waals surface area contributed by atoms with Gasteiger partial charge < -0.3 is 10.5 Å². The lowest BCUT2D eigenvalue weighted by molar-refractivity contribution is -0.0815. The van der Waals surface area contributed by atoms with Crippen molar-refractivity contribution in [1.29, 1.82) is 0 Å². The minimum atomic E-state index is 0.0792. The van der Waals surface area contributed by atoms with Crippen LogP contribution in [0.2, 0.25) is 0 Å². The van der Waals surface area contributed by atoms with E-state index in [1.54, 1.807) is 0 Å². The van der Waals surface area contributed by atoms with Gasteiger partial charge in [-0.05, 0) is 44.2 Å². The molecular weight excluding hydrogens is 218 g/mol. The van der Waals surface area contributed by atoms with Crippen molar-refractivity contribution in [3.8, 4) is 0 Å². The second-order valence-corrected chi connectivity index (χ2v) is 5.91. The van der Waals surface area contributed by atoms with Gasteiger partial charge in [0, 0.05) is 22.9 Å². The Balaban J connectivity index is 1.99. The maximum atomic E-state index is 6.26. The molecule has 1 saturated carbocycles. The first-order chi connectivity index (χ1) is 7.69. The molecule has 0 bridgehead atoms. The van der Waals surface area contributed by atoms with Crippen LogP contribution < -0.4 is 5.73 Å². The van der Waals surface area contributed by atoms with Crippen LogP contribution in [-0.2, 0) is 11.2 Å². The van der Waals surface area contributed by atoms with Crippen LogP contribution in [-0.4, -0.2) is 12.7 Å². The third-order valence-electron chi connectivity index (χ3n) is 3.69. The number of thiophene rings is 1. The van der Waals surface area contributed by atoms with E-state index in [9.17, 15) is 0 Å². The predicted molar refractivity (Wildman–Crippen MR) is 68.8 cm³/mol. The summed E-state index contributed by atoms with van der Waals surface area (Å²) in [6.07, 6.45) is 5.69. The second kappa shape index (κ2) is 4.86. The molecule has 0 aromatic carbocycles. The van der Waals surface area contributed by atoms with Gasteiger partial charge in [-0.25, -0.2) is 0 Å². The first kappa shape index (κ1) is 12.1. The van der Waals surface area contributed by atoms with Crippen LogP contribution in [0, 0.1) is 0 Å². The highest BCUT2D eigenvalue weighted by Crippen LogP contribution is 2.42. The molecule has 90 valence electrons. The minimum Gasteiger partial charge on any atom is -0.378 e. The van der Waals surface area contributed by atoms with Crippen LogP contribution in [0.5, 0.6) is 0 Å². The van der Waals surface area contributed by atoms with Gasteiger partial charge in [-0.1, -0.05) is 6.92 Å². The van der Waals surface area contributed by atoms with E-state index >= 15 is 0 Å². The van der Waals surface area contributed by atoms with Crippen molar-refractivity contribution in [1.82, 2.24) is 0 Å². The van der Waals surface area contributed by atoms with Crippen LogP contribution in [0.25, 0.3) is 0 Å². The topological polar surface area (TPSA) is 35.2 Å². The van der Waals surface area contributed by atoms with Gasteiger partial charge in [0.1, 0.15) is 0 Å². The molecule has 0 spiro atoms. The average molecular weight is 239 g/mol. The highest BCUT2D eigenvalue weighted by Gasteiger charge is 2.38. The average Bonchev–Trinajstić information content (AvgIpc) is 2.71. The Labute approximate surface area is 102 Å². The summed E-state index contributed by atoms with van der Waals surface area (Å²) in [5.74, 6) is 0. The van der Waals surface area contributed by atoms with Gasteiger partial charge in [0.25, 0.3) is 0 Å². The van der Waals surface area contributed by atoms with E-state index in [1.165, 1.54) is 29.0 Å². The maximum absolute atomic E-state index is 6.26. The van der Waals surface area contributed by atoms with E-state index in [4.69, 9.17) is 10.5 Å². The maximum Gasteiger partial charge on any atom is 0.0697 e. The highest BCUT2D eigenvalue weighted by atomic mass is 32.1. The van der Waals surface area contributed by atoms with Crippen molar-refractivity contribution in [3.05, 3.63) is 21.9 Å². The Hall–Kier alpha value is -0.380. The van der Waals surface area contributed by atoms with Crippen LogP contribution in [0.1, 0.15) is 48.4 Å². The van der Waals surface area contributed by atoms with Crippen LogP contribution in [0.4, 0.5) is 0 Å². The number of methoxy groups -OCH3 is 1. The molecule has 1 heterocycles. The number of hydrogen-bond acceptors (Lipinski definition) is 3. The van der Waals surface area contributed by atoms with Gasteiger partial charge >= 0.3 is 0 Å². The molecule has 1 atom stereocenters. The fraction of sp³-hybridized carbons (Fsp3) is 0.692. The molecule has 3 heteroatoms. The first-order valence-electron chi connectivity index (χ1n) is 6.08. The molecule has 0 amide bonds. The van der Waals surface area contributed by atoms with Crippen molar-refractivity contribution >= 4 is 11.3 Å². The van der Waals surface area contributed by atoms with E-state index in [0.717, 1.165) is 12.8 Å². The van der Waals surface area contributed by atoms with Gasteiger partial charge in [-0.15, -0.1) is 11.3 Å². The lowest BCUT2D eigenvalue weighted by Crippen LogP contribution is -2.41. The number of ether oxygens (including phenoxy) is 1. The molecular formula is C13H21NOS. The molecule has 0 saturated heterocycles. The second-order valence-electron chi connectivity index (χ2n) is 4.71. The predicted octanol–water partition coefficient (Wildman–Crippen LogP) is 3.27. The Morgan fingerprint density at radius 3 is 2.69 bits per heavy atom. The summed E-state index contributed by atoms with van der Waals surface area (Å²) in [7, 11) is 1.82. The quantitative estimate of drug-likeness (QED) is 0.856. The fourth-order valence-corrected chi connectivity index (χ4v) is 3.30. The smallest absolute Gasteiger partial charge is 0.0697 e. The zero-order chi connectivity index (χ0) is 11.6. The van der Waals surface area contributed by atoms with Gasteiger partial charge in [-0.2, -0.15) is 0 Å². The molecule has 2 nitrogen and oxygen atoms in total. The number of aryl methyl sites for hydroxylation is 1. The van der Waals surface area contributed by atoms with Gasteiger partial charge in [-0.3, -0.25) is 0 Å². The molecule has 1 aromatic rings. The standard InChI is InChI=1S/C13H21NOS/c1-3-10-5-6-12(16-10)11(14)9-13(15-2)7-4-8-13/h5-6,11H,3-4,7-9,14H2,1-2H3. The molecule has 1 unspecified atom stereocenters. The molecule has 2 N–H and O–H groups in total. The molecule has 1 aliphatic rings. The summed E-state index contributed by atoms with van der Waals surface area (Å²) < 4.78 is 5.62. The first-order valence-corrected chi connectivity index (χ1v) is 6.90. The summed E-state index contributed by atoms with van der Waals surface area (Å²) in [4.78, 5) is 2.73. The lowest BCUT2D eigenvalue weighted by Gasteiger charge is -2.42. The Kier molecular flexibility index (Phi) is 3.67. The van der Waals surface area contributed by atoms with Crippen LogP contribution >= 0.6 is 11.3 Å². The zero-order valence-corrected chi connectivity index (χ0v) is 11.0. The molecule has 1 aliphatic carbocycles. The minimum absolute atomic E-state index is 0.0792. The Morgan fingerprint density at radius 1 is 1.50 bits per heavy atom. The molecule has 2 rings (SSSR count). The summed E-state index contributed by atoms with van der Waals surface area (Å²) in [6.45, 7) is 2.18. The normalized spacial score (nSPS) is 20.4. The van der Waals surface area contributed by atoms with E-state index in [1.807, 2.05) is 18.4 Å². The third-order valence-corrected chi connectivity index (χ3v) is 5.05. The molecule has 0 radical (unpaired) electrons. The molecule has 0 aliphatic heterocycles. The summed E-state index contributed by atoms with van der Waals surface area (Å²) in [5.41, 5.74) is 6.34. The number of rotatable bonds is 5. The van der Waals surface area contributed by atoms with Gasteiger partial charge in [0.05, 0.1) is 5.60 Å². The Bertz CT molecular complexity index is 338. The molecule has 1 fully saturated rings. The number of nitrogens with two attached hydrogens (primary N) is 1. The number of hydrogen-bond donors (Lipinski definition) is 1. The van der Waals surface area contributed by atoms with E-state index in [2.05, 4.69) is 19.1 Å². The fourth-order valence-electron chi connectivity index (χ4n) is 2.35. The van der Waals surface area contributed by atoms with Crippen LogP contribution in [0.3, 0.4) is 0 Å². The van der Waals surface area contributed by atoms with Crippen molar-refractivity contribution in [2.45, 2.75) is 50.7 Å². The summed E-state index contributed by atoms with van der Waals surface area (Å²) >= 11 is 1.85. The molecule has 16 heavy (non-hydrogen) atoms. The molecule has 1 aromatic heterocycles. The largest absolute Gasteiger partial charge is 0.378 e. The highest BCUT2D eigenvalue weighted by molar-refractivity contribution is 7.12. The van der Waals surface area contributed by atoms with E-state index < -0.39 is 0 Å². The van der Waals surface area contributed by atoms with E-state index in [-0.39, 0.29) is 11.6 Å². The lowest BCUT2D eigenvalue weighted by atomic mass is 9.75. The zero-order valence-electron chi connectivity index (χ0n) is 10.2. The third kappa shape index (κ3) is 2.31. The van der Waals surface area contributed by atoms with Crippen molar-refractivity contribution in [2.75, 3.05) is 7.11 Å². The SMILES string of the molecule is CCc1ccc(C(N)CC2(OC)CCC2)s1. The van der Waals surface area contributed by atoms with E-state index in [0.29, 0.717) is 0 Å². The van der Waals surface area contributed by atoms with Crippen molar-refractivity contribution < 1.29 is 4.74 Å². The van der Waals surface area contributed by atoms with Crippen molar-refractivity contribution in [3.63, 3.8) is 0 Å². The summed E-state index contributed by atoms with van der Waals surface area (Å²) in [6, 6.07) is 4.52. The summed E-state index contributed by atoms with van der Waals surface area (Å²) in [5, 5.41) is 0. The monoisotopic (exact) mass is 239 g/mol. The van der Waals surface area contributed by atoms with Gasteiger partial charge in [0.2, 0.25) is 0 Å². The Morgan fingerprint density at radius 2 is 2.25 bits per heavy atom. The van der Waals surface area contributed by atoms with Crippen LogP contribution in [0.15, 0.2) is 12.1 Å². The van der Waals surface area contributed by atoms with Crippen molar-refractivity contribution in [2.24, 2.45) is 5.73 Å².